The number of aryl methyl sites for hydroxylation is 1. The molecule has 39 heavy (non-hydrogen) atoms. The van der Waals surface area contributed by atoms with Crippen molar-refractivity contribution in [2.24, 2.45) is 5.41 Å². The van der Waals surface area contributed by atoms with Gasteiger partial charge in [0.25, 0.3) is 0 Å². The second kappa shape index (κ2) is 17.5. The van der Waals surface area contributed by atoms with E-state index in [4.69, 9.17) is 28.1 Å². The average molecular weight is 544 g/mol. The monoisotopic (exact) mass is 543 g/mol. The second-order valence-electron chi connectivity index (χ2n) is 9.48. The van der Waals surface area contributed by atoms with E-state index < -0.39 is 5.63 Å². The molecule has 0 saturated carbocycles. The van der Waals surface area contributed by atoms with E-state index in [1.54, 1.807) is 13.3 Å². The zero-order valence-electron chi connectivity index (χ0n) is 23.7. The molecule has 9 nitrogen and oxygen atoms in total. The molecular formula is C30H41NO8. The first-order chi connectivity index (χ1) is 18.8. The van der Waals surface area contributed by atoms with E-state index in [-0.39, 0.29) is 5.41 Å². The zero-order valence-corrected chi connectivity index (χ0v) is 23.7. The summed E-state index contributed by atoms with van der Waals surface area (Å²) in [5.41, 5.74) is 2.19. The number of benzene rings is 1. The van der Waals surface area contributed by atoms with Crippen molar-refractivity contribution in [3.8, 4) is 16.9 Å². The molecule has 0 bridgehead atoms. The topological polar surface area (TPSA) is 106 Å². The van der Waals surface area contributed by atoms with Crippen molar-refractivity contribution in [2.45, 2.75) is 34.1 Å². The van der Waals surface area contributed by atoms with Crippen LogP contribution < -0.4 is 10.4 Å². The summed E-state index contributed by atoms with van der Waals surface area (Å²) < 4.78 is 32.3. The quantitative estimate of drug-likeness (QED) is 0.185. The van der Waals surface area contributed by atoms with Crippen LogP contribution >= 0.6 is 0 Å². The molecule has 0 amide bonds. The van der Waals surface area contributed by atoms with Crippen LogP contribution in [0.15, 0.2) is 51.9 Å². The molecule has 3 rings (SSSR count). The van der Waals surface area contributed by atoms with Crippen LogP contribution in [0, 0.1) is 12.3 Å². The van der Waals surface area contributed by atoms with Gasteiger partial charge in [-0.2, -0.15) is 0 Å². The molecule has 0 aliphatic carbocycles. The first-order valence-electron chi connectivity index (χ1n) is 13.1. The maximum atomic E-state index is 12.4. The fraction of sp³-hybridized carbons (Fsp3) is 0.500. The molecule has 9 heteroatoms. The van der Waals surface area contributed by atoms with Gasteiger partial charge in [0.2, 0.25) is 0 Å². The number of hydrogen-bond donors (Lipinski definition) is 0. The molecule has 1 aromatic carbocycles. The van der Waals surface area contributed by atoms with E-state index >= 15 is 0 Å². The van der Waals surface area contributed by atoms with Crippen molar-refractivity contribution < 1.29 is 32.9 Å². The van der Waals surface area contributed by atoms with Gasteiger partial charge in [0.15, 0.2) is 5.58 Å². The summed E-state index contributed by atoms with van der Waals surface area (Å²) in [4.78, 5) is 26.4. The maximum Gasteiger partial charge on any atom is 0.344 e. The van der Waals surface area contributed by atoms with Crippen LogP contribution in [0.2, 0.25) is 0 Å². The molecule has 3 aromatic rings. The zero-order chi connectivity index (χ0) is 28.5. The Bertz CT molecular complexity index is 1190. The first-order valence-corrected chi connectivity index (χ1v) is 13.1. The molecule has 0 saturated heterocycles. The number of methoxy groups -OCH3 is 1. The van der Waals surface area contributed by atoms with Gasteiger partial charge in [-0.1, -0.05) is 26.8 Å². The van der Waals surface area contributed by atoms with Crippen LogP contribution in [0.25, 0.3) is 22.1 Å². The Morgan fingerprint density at radius 2 is 1.56 bits per heavy atom. The van der Waals surface area contributed by atoms with Gasteiger partial charge in [0, 0.05) is 24.1 Å². The first kappa shape index (κ1) is 32.1. The normalized spacial score (nSPS) is 11.2. The highest BCUT2D eigenvalue weighted by Crippen LogP contribution is 2.26. The van der Waals surface area contributed by atoms with Crippen molar-refractivity contribution in [1.29, 1.82) is 0 Å². The number of carbonyl (C=O) groups excluding carboxylic acids is 1. The molecular weight excluding hydrogens is 502 g/mol. The molecule has 214 valence electrons. The summed E-state index contributed by atoms with van der Waals surface area (Å²) in [5.74, 6) is 0.746. The van der Waals surface area contributed by atoms with E-state index in [0.29, 0.717) is 64.0 Å². The lowest BCUT2D eigenvalue weighted by Gasteiger charge is -2.11. The Labute approximate surface area is 230 Å². The molecule has 0 atom stereocenters. The maximum absolute atomic E-state index is 12.4. The summed E-state index contributed by atoms with van der Waals surface area (Å²) in [6.45, 7) is 11.9. The highest BCUT2D eigenvalue weighted by atomic mass is 16.6. The molecule has 0 aliphatic rings. The average Bonchev–Trinajstić information content (AvgIpc) is 2.94. The van der Waals surface area contributed by atoms with Gasteiger partial charge in [0.1, 0.15) is 18.6 Å². The lowest BCUT2D eigenvalue weighted by atomic mass is 9.93. The largest absolute Gasteiger partial charge is 0.491 e. The molecule has 2 heterocycles. The third-order valence-electron chi connectivity index (χ3n) is 5.92. The van der Waals surface area contributed by atoms with E-state index in [0.717, 1.165) is 35.0 Å². The van der Waals surface area contributed by atoms with Crippen LogP contribution in [-0.4, -0.2) is 71.2 Å². The van der Waals surface area contributed by atoms with Gasteiger partial charge in [-0.05, 0) is 48.7 Å². The van der Waals surface area contributed by atoms with E-state index in [1.165, 1.54) is 6.20 Å². The Morgan fingerprint density at radius 1 is 0.923 bits per heavy atom. The Hall–Kier alpha value is -3.11. The van der Waals surface area contributed by atoms with E-state index in [9.17, 15) is 9.59 Å². The number of fused-ring (bicyclic) bond motifs is 1. The predicted octanol–water partition coefficient (Wildman–Crippen LogP) is 4.86. The van der Waals surface area contributed by atoms with E-state index in [2.05, 4.69) is 4.98 Å². The molecule has 0 unspecified atom stereocenters. The molecule has 0 spiro atoms. The third kappa shape index (κ3) is 11.7. The fourth-order valence-electron chi connectivity index (χ4n) is 3.12. The highest BCUT2D eigenvalue weighted by Gasteiger charge is 2.11. The van der Waals surface area contributed by atoms with Gasteiger partial charge in [0.05, 0.1) is 58.0 Å². The fourth-order valence-corrected chi connectivity index (χ4v) is 3.12. The standard InChI is InChI=1S/C24H29NO7.C6H12O/c1-18-15-19(21-16-20-5-6-25-17-23(20)32-24(21)26)3-4-22(18)31-14-13-30-12-11-29-10-9-28-8-7-27-2;1-4-6(2,3)5-7/h3-6,15-17H,7-14H2,1-2H3;5H,4H2,1-3H3. The van der Waals surface area contributed by atoms with Gasteiger partial charge >= 0.3 is 5.63 Å². The number of pyridine rings is 1. The molecule has 0 aliphatic heterocycles. The van der Waals surface area contributed by atoms with Crippen molar-refractivity contribution in [3.63, 3.8) is 0 Å². The number of aldehydes is 1. The second-order valence-corrected chi connectivity index (χ2v) is 9.48. The van der Waals surface area contributed by atoms with Crippen molar-refractivity contribution >= 4 is 17.3 Å². The SMILES string of the molecule is CCC(C)(C)C=O.COCCOCCOCCOCCOc1ccc(-c2cc3ccncc3oc2=O)cc1C. The minimum atomic E-state index is -0.393. The number of rotatable bonds is 16. The van der Waals surface area contributed by atoms with Crippen molar-refractivity contribution in [1.82, 2.24) is 4.98 Å². The summed E-state index contributed by atoms with van der Waals surface area (Å²) in [6.07, 6.45) is 5.13. The van der Waals surface area contributed by atoms with Gasteiger partial charge in [-0.3, -0.25) is 4.98 Å². The molecule has 0 fully saturated rings. The Balaban J connectivity index is 0.000000673. The minimum absolute atomic E-state index is 0.0972. The van der Waals surface area contributed by atoms with Crippen LogP contribution in [0.5, 0.6) is 5.75 Å². The summed E-state index contributed by atoms with van der Waals surface area (Å²) >= 11 is 0. The van der Waals surface area contributed by atoms with Crippen LogP contribution in [0.4, 0.5) is 0 Å². The number of nitrogens with zero attached hydrogens (tertiary/aromatic N) is 1. The van der Waals surface area contributed by atoms with E-state index in [1.807, 2.05) is 58.0 Å². The van der Waals surface area contributed by atoms with Crippen LogP contribution in [0.1, 0.15) is 32.8 Å². The Morgan fingerprint density at radius 3 is 2.13 bits per heavy atom. The lowest BCUT2D eigenvalue weighted by Crippen LogP contribution is -2.13. The van der Waals surface area contributed by atoms with Crippen molar-refractivity contribution in [2.75, 3.05) is 60.0 Å². The lowest BCUT2D eigenvalue weighted by molar-refractivity contribution is -0.114. The van der Waals surface area contributed by atoms with Gasteiger partial charge < -0.3 is 32.9 Å². The van der Waals surface area contributed by atoms with Crippen molar-refractivity contribution in [3.05, 3.63) is 58.7 Å². The summed E-state index contributed by atoms with van der Waals surface area (Å²) in [5, 5.41) is 0.826. The van der Waals surface area contributed by atoms with Crippen LogP contribution in [-0.2, 0) is 23.7 Å². The highest BCUT2D eigenvalue weighted by molar-refractivity contribution is 5.81. The number of carbonyl (C=O) groups is 1. The third-order valence-corrected chi connectivity index (χ3v) is 5.92. The molecule has 0 N–H and O–H groups in total. The summed E-state index contributed by atoms with van der Waals surface area (Å²) in [7, 11) is 1.64. The number of ether oxygens (including phenoxy) is 5. The van der Waals surface area contributed by atoms with Gasteiger partial charge in [-0.15, -0.1) is 0 Å². The molecule has 2 aromatic heterocycles. The Kier molecular flexibility index (Phi) is 14.4. The van der Waals surface area contributed by atoms with Crippen LogP contribution in [0.3, 0.4) is 0 Å². The van der Waals surface area contributed by atoms with Gasteiger partial charge in [-0.25, -0.2) is 4.79 Å². The number of hydrogen-bond acceptors (Lipinski definition) is 9. The number of aromatic nitrogens is 1. The predicted molar refractivity (Wildman–Crippen MR) is 150 cm³/mol. The minimum Gasteiger partial charge on any atom is -0.491 e. The summed E-state index contributed by atoms with van der Waals surface area (Å²) in [6, 6.07) is 9.25. The molecule has 0 radical (unpaired) electrons. The smallest absolute Gasteiger partial charge is 0.344 e.